The Morgan fingerprint density at radius 2 is 1.85 bits per heavy atom. The predicted molar refractivity (Wildman–Crippen MR) is 80.7 cm³/mol. The molecule has 2 atom stereocenters. The van der Waals surface area contributed by atoms with Gasteiger partial charge in [-0.3, -0.25) is 9.59 Å². The van der Waals surface area contributed by atoms with Gasteiger partial charge in [-0.25, -0.2) is 0 Å². The molecule has 0 aromatic rings. The number of carbonyl (C=O) groups is 2. The van der Waals surface area contributed by atoms with Crippen LogP contribution in [0.5, 0.6) is 0 Å². The van der Waals surface area contributed by atoms with Gasteiger partial charge in [0.1, 0.15) is 0 Å². The summed E-state index contributed by atoms with van der Waals surface area (Å²) >= 11 is 1.89. The van der Waals surface area contributed by atoms with Crippen molar-refractivity contribution >= 4 is 23.6 Å². The molecule has 4 nitrogen and oxygen atoms in total. The number of aliphatic carboxylic acids is 1. The molecule has 0 aromatic heterocycles. The predicted octanol–water partition coefficient (Wildman–Crippen LogP) is 2.40. The SMILES string of the molecule is CC1(C)CCN(C(=O)C2CC=CCC2C(=O)O)CCS1. The highest BCUT2D eigenvalue weighted by molar-refractivity contribution is 8.00. The van der Waals surface area contributed by atoms with Crippen LogP contribution in [0.4, 0.5) is 0 Å². The molecule has 1 saturated heterocycles. The lowest BCUT2D eigenvalue weighted by Crippen LogP contribution is -2.43. The number of rotatable bonds is 2. The summed E-state index contributed by atoms with van der Waals surface area (Å²) in [6.07, 6.45) is 5.81. The molecule has 2 rings (SSSR count). The number of carboxylic acids is 1. The van der Waals surface area contributed by atoms with Crippen LogP contribution in [0, 0.1) is 11.8 Å². The molecular formula is C15H23NO3S. The van der Waals surface area contributed by atoms with Gasteiger partial charge in [0.15, 0.2) is 0 Å². The van der Waals surface area contributed by atoms with E-state index in [0.717, 1.165) is 25.3 Å². The number of carbonyl (C=O) groups excluding carboxylic acids is 1. The second kappa shape index (κ2) is 6.20. The van der Waals surface area contributed by atoms with E-state index in [0.29, 0.717) is 12.8 Å². The summed E-state index contributed by atoms with van der Waals surface area (Å²) in [6.45, 7) is 5.88. The van der Waals surface area contributed by atoms with Gasteiger partial charge in [-0.1, -0.05) is 26.0 Å². The normalized spacial score (nSPS) is 29.8. The van der Waals surface area contributed by atoms with Crippen molar-refractivity contribution in [3.8, 4) is 0 Å². The lowest BCUT2D eigenvalue weighted by molar-refractivity contribution is -0.150. The second-order valence-electron chi connectivity index (χ2n) is 6.18. The molecule has 1 aliphatic carbocycles. The molecule has 0 radical (unpaired) electrons. The minimum atomic E-state index is -0.850. The van der Waals surface area contributed by atoms with Gasteiger partial charge in [-0.15, -0.1) is 0 Å². The maximum atomic E-state index is 12.7. The number of carboxylic acid groups (broad SMARTS) is 1. The van der Waals surface area contributed by atoms with E-state index in [-0.39, 0.29) is 16.6 Å². The largest absolute Gasteiger partial charge is 0.481 e. The van der Waals surface area contributed by atoms with Crippen LogP contribution in [-0.2, 0) is 9.59 Å². The summed E-state index contributed by atoms with van der Waals surface area (Å²) in [5.41, 5.74) is 0. The fourth-order valence-corrected chi connectivity index (χ4v) is 3.94. The molecule has 1 aliphatic heterocycles. The van der Waals surface area contributed by atoms with Crippen molar-refractivity contribution in [2.75, 3.05) is 18.8 Å². The van der Waals surface area contributed by atoms with Crippen molar-refractivity contribution in [3.05, 3.63) is 12.2 Å². The highest BCUT2D eigenvalue weighted by Gasteiger charge is 2.37. The van der Waals surface area contributed by atoms with Crippen molar-refractivity contribution < 1.29 is 14.7 Å². The summed E-state index contributed by atoms with van der Waals surface area (Å²) in [4.78, 5) is 25.8. The van der Waals surface area contributed by atoms with Crippen molar-refractivity contribution in [1.29, 1.82) is 0 Å². The van der Waals surface area contributed by atoms with E-state index in [9.17, 15) is 14.7 Å². The molecule has 0 bridgehead atoms. The molecule has 1 N–H and O–H groups in total. The Labute approximate surface area is 124 Å². The van der Waals surface area contributed by atoms with Gasteiger partial charge in [-0.05, 0) is 19.3 Å². The van der Waals surface area contributed by atoms with E-state index in [4.69, 9.17) is 0 Å². The third-order valence-corrected chi connectivity index (χ3v) is 5.59. The Morgan fingerprint density at radius 1 is 1.20 bits per heavy atom. The number of nitrogens with zero attached hydrogens (tertiary/aromatic N) is 1. The number of hydrogen-bond acceptors (Lipinski definition) is 3. The van der Waals surface area contributed by atoms with Gasteiger partial charge in [-0.2, -0.15) is 11.8 Å². The first kappa shape index (κ1) is 15.4. The average Bonchev–Trinajstić information content (AvgIpc) is 2.59. The Kier molecular flexibility index (Phi) is 4.78. The molecule has 0 aromatic carbocycles. The minimum Gasteiger partial charge on any atom is -0.481 e. The highest BCUT2D eigenvalue weighted by atomic mass is 32.2. The standard InChI is InChI=1S/C15H23NO3S/c1-15(2)7-8-16(9-10-20-15)13(17)11-5-3-4-6-12(11)14(18)19/h3-4,11-12H,5-10H2,1-2H3,(H,18,19). The molecule has 0 spiro atoms. The van der Waals surface area contributed by atoms with Gasteiger partial charge in [0, 0.05) is 23.6 Å². The van der Waals surface area contributed by atoms with Crippen LogP contribution in [0.1, 0.15) is 33.1 Å². The van der Waals surface area contributed by atoms with Crippen molar-refractivity contribution in [2.45, 2.75) is 37.9 Å². The number of allylic oxidation sites excluding steroid dienone is 2. The van der Waals surface area contributed by atoms with E-state index in [1.54, 1.807) is 0 Å². The summed E-state index contributed by atoms with van der Waals surface area (Å²) in [7, 11) is 0. The van der Waals surface area contributed by atoms with Crippen molar-refractivity contribution in [1.82, 2.24) is 4.90 Å². The smallest absolute Gasteiger partial charge is 0.307 e. The zero-order valence-electron chi connectivity index (χ0n) is 12.2. The molecule has 1 heterocycles. The molecule has 1 fully saturated rings. The first-order valence-electron chi connectivity index (χ1n) is 7.21. The van der Waals surface area contributed by atoms with E-state index in [2.05, 4.69) is 13.8 Å². The molecule has 0 saturated carbocycles. The highest BCUT2D eigenvalue weighted by Crippen LogP contribution is 2.33. The third kappa shape index (κ3) is 3.57. The third-order valence-electron chi connectivity index (χ3n) is 4.22. The first-order valence-corrected chi connectivity index (χ1v) is 8.20. The van der Waals surface area contributed by atoms with Gasteiger partial charge in [0.25, 0.3) is 0 Å². The zero-order chi connectivity index (χ0) is 14.8. The van der Waals surface area contributed by atoms with Crippen LogP contribution in [-0.4, -0.2) is 45.5 Å². The maximum Gasteiger partial charge on any atom is 0.307 e. The fraction of sp³-hybridized carbons (Fsp3) is 0.733. The lowest BCUT2D eigenvalue weighted by Gasteiger charge is -2.30. The Balaban J connectivity index is 2.06. The van der Waals surface area contributed by atoms with E-state index < -0.39 is 11.9 Å². The van der Waals surface area contributed by atoms with E-state index >= 15 is 0 Å². The molecule has 2 unspecified atom stereocenters. The quantitative estimate of drug-likeness (QED) is 0.795. The van der Waals surface area contributed by atoms with Crippen molar-refractivity contribution in [2.24, 2.45) is 11.8 Å². The number of amides is 1. The van der Waals surface area contributed by atoms with Gasteiger partial charge >= 0.3 is 5.97 Å². The fourth-order valence-electron chi connectivity index (χ4n) is 2.84. The van der Waals surface area contributed by atoms with Gasteiger partial charge in [0.2, 0.25) is 5.91 Å². The minimum absolute atomic E-state index is 0.0278. The van der Waals surface area contributed by atoms with Crippen LogP contribution in [0.3, 0.4) is 0 Å². The van der Waals surface area contributed by atoms with Crippen LogP contribution < -0.4 is 0 Å². The summed E-state index contributed by atoms with van der Waals surface area (Å²) in [5, 5.41) is 9.29. The lowest BCUT2D eigenvalue weighted by atomic mass is 9.82. The van der Waals surface area contributed by atoms with Crippen LogP contribution in [0.25, 0.3) is 0 Å². The van der Waals surface area contributed by atoms with Gasteiger partial charge < -0.3 is 10.0 Å². The molecule has 112 valence electrons. The first-order chi connectivity index (χ1) is 9.41. The summed E-state index contributed by atoms with van der Waals surface area (Å²) < 4.78 is 0.202. The maximum absolute atomic E-state index is 12.7. The summed E-state index contributed by atoms with van der Waals surface area (Å²) in [5.74, 6) is -0.837. The Hall–Kier alpha value is -0.970. The van der Waals surface area contributed by atoms with E-state index in [1.165, 1.54) is 0 Å². The topological polar surface area (TPSA) is 57.6 Å². The second-order valence-corrected chi connectivity index (χ2v) is 7.98. The van der Waals surface area contributed by atoms with Gasteiger partial charge in [0.05, 0.1) is 11.8 Å². The average molecular weight is 297 g/mol. The van der Waals surface area contributed by atoms with Crippen LogP contribution >= 0.6 is 11.8 Å². The summed E-state index contributed by atoms with van der Waals surface area (Å²) in [6, 6.07) is 0. The van der Waals surface area contributed by atoms with E-state index in [1.807, 2.05) is 28.8 Å². The molecule has 1 amide bonds. The molecule has 2 aliphatic rings. The van der Waals surface area contributed by atoms with Crippen LogP contribution in [0.15, 0.2) is 12.2 Å². The molecule has 20 heavy (non-hydrogen) atoms. The Bertz CT molecular complexity index is 419. The van der Waals surface area contributed by atoms with Crippen LogP contribution in [0.2, 0.25) is 0 Å². The molecular weight excluding hydrogens is 274 g/mol. The zero-order valence-corrected chi connectivity index (χ0v) is 13.0. The Morgan fingerprint density at radius 3 is 2.50 bits per heavy atom. The molecule has 5 heteroatoms. The van der Waals surface area contributed by atoms with Crippen molar-refractivity contribution in [3.63, 3.8) is 0 Å². The number of hydrogen-bond donors (Lipinski definition) is 1. The number of thioether (sulfide) groups is 1. The monoisotopic (exact) mass is 297 g/mol.